The molecule has 0 bridgehead atoms. The maximum atomic E-state index is 13.1. The Balaban J connectivity index is 2.05. The summed E-state index contributed by atoms with van der Waals surface area (Å²) in [5.41, 5.74) is 0.843. The molecule has 0 radical (unpaired) electrons. The van der Waals surface area contributed by atoms with E-state index in [1.54, 1.807) is 6.20 Å². The molecule has 19 heavy (non-hydrogen) atoms. The lowest BCUT2D eigenvalue weighted by Gasteiger charge is -2.35. The summed E-state index contributed by atoms with van der Waals surface area (Å²) in [6.45, 7) is 0. The summed E-state index contributed by atoms with van der Waals surface area (Å²) in [5.74, 6) is -1.51. The van der Waals surface area contributed by atoms with Crippen LogP contribution in [0, 0.1) is 11.8 Å². The number of hydrogen-bond acceptors (Lipinski definition) is 1. The summed E-state index contributed by atoms with van der Waals surface area (Å²) in [7, 11) is 0. The summed E-state index contributed by atoms with van der Waals surface area (Å²) < 4.78 is 39.2. The zero-order valence-electron chi connectivity index (χ0n) is 10.5. The predicted molar refractivity (Wildman–Crippen MR) is 72.2 cm³/mol. The largest absolute Gasteiger partial charge is 0.392 e. The summed E-state index contributed by atoms with van der Waals surface area (Å²) in [6, 6.07) is 5.54. The van der Waals surface area contributed by atoms with Crippen LogP contribution in [0.15, 0.2) is 24.4 Å². The molecule has 1 heterocycles. The molecule has 106 valence electrons. The standard InChI is InChI=1S/C14H17BrF3N/c15-13(9-10-5-3-4-8-19-10)11-6-1-2-7-12(11)14(16,17)18/h3-5,8,11-13H,1-2,6-7,9H2. The molecule has 0 aromatic carbocycles. The van der Waals surface area contributed by atoms with Gasteiger partial charge in [0.25, 0.3) is 0 Å². The van der Waals surface area contributed by atoms with Crippen molar-refractivity contribution in [1.29, 1.82) is 0 Å². The SMILES string of the molecule is FC(F)(F)C1CCCCC1C(Br)Cc1ccccn1. The fourth-order valence-corrected chi connectivity index (χ4v) is 3.83. The van der Waals surface area contributed by atoms with Gasteiger partial charge >= 0.3 is 6.18 Å². The van der Waals surface area contributed by atoms with E-state index in [9.17, 15) is 13.2 Å². The van der Waals surface area contributed by atoms with Crippen molar-refractivity contribution < 1.29 is 13.2 Å². The molecule has 1 aliphatic carbocycles. The Bertz CT molecular complexity index is 393. The van der Waals surface area contributed by atoms with E-state index in [1.165, 1.54) is 0 Å². The van der Waals surface area contributed by atoms with Gasteiger partial charge in [0.15, 0.2) is 0 Å². The van der Waals surface area contributed by atoms with E-state index in [0.717, 1.165) is 12.1 Å². The number of nitrogens with zero attached hydrogens (tertiary/aromatic N) is 1. The highest BCUT2D eigenvalue weighted by Gasteiger charge is 2.47. The van der Waals surface area contributed by atoms with Crippen molar-refractivity contribution in [2.45, 2.75) is 43.1 Å². The van der Waals surface area contributed by atoms with E-state index < -0.39 is 12.1 Å². The predicted octanol–water partition coefficient (Wildman–Crippen LogP) is 4.76. The van der Waals surface area contributed by atoms with Crippen molar-refractivity contribution in [2.24, 2.45) is 11.8 Å². The topological polar surface area (TPSA) is 12.9 Å². The molecular formula is C14H17BrF3N. The Morgan fingerprint density at radius 1 is 1.26 bits per heavy atom. The van der Waals surface area contributed by atoms with Gasteiger partial charge in [-0.05, 0) is 30.9 Å². The Morgan fingerprint density at radius 2 is 2.00 bits per heavy atom. The number of alkyl halides is 4. The molecule has 0 spiro atoms. The first-order valence-electron chi connectivity index (χ1n) is 6.59. The van der Waals surface area contributed by atoms with Crippen molar-refractivity contribution in [3.05, 3.63) is 30.1 Å². The minimum Gasteiger partial charge on any atom is -0.261 e. The fourth-order valence-electron chi connectivity index (χ4n) is 2.87. The number of aromatic nitrogens is 1. The van der Waals surface area contributed by atoms with Gasteiger partial charge in [-0.15, -0.1) is 0 Å². The fraction of sp³-hybridized carbons (Fsp3) is 0.643. The molecule has 0 N–H and O–H groups in total. The molecule has 1 aromatic heterocycles. The maximum Gasteiger partial charge on any atom is 0.392 e. The monoisotopic (exact) mass is 335 g/mol. The molecule has 1 saturated carbocycles. The normalized spacial score (nSPS) is 26.1. The molecule has 2 rings (SSSR count). The van der Waals surface area contributed by atoms with E-state index in [-0.39, 0.29) is 17.2 Å². The molecule has 0 amide bonds. The van der Waals surface area contributed by atoms with E-state index >= 15 is 0 Å². The van der Waals surface area contributed by atoms with E-state index in [0.29, 0.717) is 19.3 Å². The molecule has 1 aromatic rings. The van der Waals surface area contributed by atoms with Gasteiger partial charge in [-0.25, -0.2) is 0 Å². The van der Waals surface area contributed by atoms with Crippen molar-refractivity contribution in [3.63, 3.8) is 0 Å². The number of rotatable bonds is 3. The van der Waals surface area contributed by atoms with Crippen molar-refractivity contribution in [1.82, 2.24) is 4.98 Å². The third-order valence-electron chi connectivity index (χ3n) is 3.83. The molecule has 1 fully saturated rings. The van der Waals surface area contributed by atoms with Gasteiger partial charge in [0.05, 0.1) is 5.92 Å². The Hall–Kier alpha value is -0.580. The Morgan fingerprint density at radius 3 is 2.63 bits per heavy atom. The summed E-state index contributed by atoms with van der Waals surface area (Å²) in [5, 5.41) is 0. The third-order valence-corrected chi connectivity index (χ3v) is 4.84. The first kappa shape index (κ1) is 14.8. The summed E-state index contributed by atoms with van der Waals surface area (Å²) >= 11 is 3.47. The maximum absolute atomic E-state index is 13.1. The van der Waals surface area contributed by atoms with E-state index in [4.69, 9.17) is 0 Å². The average Bonchev–Trinajstić information content (AvgIpc) is 2.39. The van der Waals surface area contributed by atoms with E-state index in [2.05, 4.69) is 20.9 Å². The molecule has 5 heteroatoms. The van der Waals surface area contributed by atoms with Crippen LogP contribution in [0.5, 0.6) is 0 Å². The van der Waals surface area contributed by atoms with Crippen LogP contribution >= 0.6 is 15.9 Å². The van der Waals surface area contributed by atoms with Crippen LogP contribution < -0.4 is 0 Å². The second-order valence-electron chi connectivity index (χ2n) is 5.14. The van der Waals surface area contributed by atoms with Crippen LogP contribution in [0.3, 0.4) is 0 Å². The second kappa shape index (κ2) is 6.25. The van der Waals surface area contributed by atoms with Gasteiger partial charge in [0.2, 0.25) is 0 Å². The minimum absolute atomic E-state index is 0.158. The highest BCUT2D eigenvalue weighted by atomic mass is 79.9. The summed E-state index contributed by atoms with van der Waals surface area (Å²) in [4.78, 5) is 4.03. The zero-order valence-corrected chi connectivity index (χ0v) is 12.1. The molecule has 3 atom stereocenters. The third kappa shape index (κ3) is 3.94. The summed E-state index contributed by atoms with van der Waals surface area (Å²) in [6.07, 6.45) is 0.632. The van der Waals surface area contributed by atoms with Crippen LogP contribution in [0.1, 0.15) is 31.4 Å². The van der Waals surface area contributed by atoms with Crippen molar-refractivity contribution >= 4 is 15.9 Å². The number of pyridine rings is 1. The molecule has 0 aliphatic heterocycles. The number of hydrogen-bond donors (Lipinski definition) is 0. The minimum atomic E-state index is -4.08. The molecule has 0 saturated heterocycles. The Kier molecular flexibility index (Phi) is 4.87. The second-order valence-corrected chi connectivity index (χ2v) is 6.31. The lowest BCUT2D eigenvalue weighted by atomic mass is 9.76. The van der Waals surface area contributed by atoms with Crippen LogP contribution in [0.25, 0.3) is 0 Å². The highest BCUT2D eigenvalue weighted by Crippen LogP contribution is 2.44. The van der Waals surface area contributed by atoms with Gasteiger partial charge < -0.3 is 0 Å². The van der Waals surface area contributed by atoms with Gasteiger partial charge in [0, 0.05) is 23.1 Å². The first-order valence-corrected chi connectivity index (χ1v) is 7.50. The zero-order chi connectivity index (χ0) is 13.9. The first-order chi connectivity index (χ1) is 8.98. The smallest absolute Gasteiger partial charge is 0.261 e. The van der Waals surface area contributed by atoms with Crippen LogP contribution in [-0.4, -0.2) is 16.0 Å². The molecule has 1 nitrogen and oxygen atoms in total. The van der Waals surface area contributed by atoms with Gasteiger partial charge in [-0.3, -0.25) is 4.98 Å². The number of halogens is 4. The Labute approximate surface area is 119 Å². The average molecular weight is 336 g/mol. The van der Waals surface area contributed by atoms with Gasteiger partial charge in [0.1, 0.15) is 0 Å². The molecule has 3 unspecified atom stereocenters. The molecular weight excluding hydrogens is 319 g/mol. The lowest BCUT2D eigenvalue weighted by molar-refractivity contribution is -0.196. The van der Waals surface area contributed by atoms with E-state index in [1.807, 2.05) is 18.2 Å². The van der Waals surface area contributed by atoms with Crippen molar-refractivity contribution in [2.75, 3.05) is 0 Å². The van der Waals surface area contributed by atoms with Gasteiger partial charge in [-0.1, -0.05) is 34.8 Å². The van der Waals surface area contributed by atoms with Crippen LogP contribution in [-0.2, 0) is 6.42 Å². The lowest BCUT2D eigenvalue weighted by Crippen LogP contribution is -2.38. The van der Waals surface area contributed by atoms with Crippen LogP contribution in [0.2, 0.25) is 0 Å². The van der Waals surface area contributed by atoms with Crippen LogP contribution in [0.4, 0.5) is 13.2 Å². The molecule has 1 aliphatic rings. The highest BCUT2D eigenvalue weighted by molar-refractivity contribution is 9.09. The van der Waals surface area contributed by atoms with Crippen molar-refractivity contribution in [3.8, 4) is 0 Å². The quantitative estimate of drug-likeness (QED) is 0.726. The van der Waals surface area contributed by atoms with Gasteiger partial charge in [-0.2, -0.15) is 13.2 Å².